The van der Waals surface area contributed by atoms with E-state index in [1.807, 2.05) is 0 Å². The van der Waals surface area contributed by atoms with Gasteiger partial charge in [0.25, 0.3) is 0 Å². The Hall–Kier alpha value is -0.860. The topological polar surface area (TPSA) is 32.3 Å². The van der Waals surface area contributed by atoms with Gasteiger partial charge in [0.1, 0.15) is 0 Å². The van der Waals surface area contributed by atoms with E-state index in [4.69, 9.17) is 0 Å². The van der Waals surface area contributed by atoms with Crippen molar-refractivity contribution in [2.45, 2.75) is 38.5 Å². The highest BCUT2D eigenvalue weighted by molar-refractivity contribution is 5.18. The van der Waals surface area contributed by atoms with E-state index in [9.17, 15) is 5.11 Å². The zero-order chi connectivity index (χ0) is 13.5. The number of hydrogen-bond donors (Lipinski definition) is 2. The van der Waals surface area contributed by atoms with E-state index < -0.39 is 0 Å². The molecule has 0 radical (unpaired) electrons. The summed E-state index contributed by atoms with van der Waals surface area (Å²) in [7, 11) is 0. The average Bonchev–Trinajstić information content (AvgIpc) is 2.91. The highest BCUT2D eigenvalue weighted by Crippen LogP contribution is 2.30. The Bertz CT molecular complexity index is 352. The number of aliphatic hydroxyl groups excluding tert-OH is 1. The predicted molar refractivity (Wildman–Crippen MR) is 80.3 cm³/mol. The Kier molecular flexibility index (Phi) is 5.87. The van der Waals surface area contributed by atoms with Crippen LogP contribution in [0.1, 0.15) is 44.1 Å². The van der Waals surface area contributed by atoms with Gasteiger partial charge >= 0.3 is 0 Å². The second kappa shape index (κ2) is 7.66. The molecule has 1 aliphatic rings. The van der Waals surface area contributed by atoms with Gasteiger partial charge in [-0.05, 0) is 55.7 Å². The minimum Gasteiger partial charge on any atom is -0.396 e. The van der Waals surface area contributed by atoms with Gasteiger partial charge in [-0.1, -0.05) is 43.7 Å². The van der Waals surface area contributed by atoms with Gasteiger partial charge in [0.2, 0.25) is 0 Å². The van der Waals surface area contributed by atoms with Gasteiger partial charge in [-0.3, -0.25) is 0 Å². The maximum atomic E-state index is 9.30. The van der Waals surface area contributed by atoms with Crippen LogP contribution in [0.4, 0.5) is 0 Å². The minimum atomic E-state index is 0.368. The summed E-state index contributed by atoms with van der Waals surface area (Å²) >= 11 is 0. The first-order chi connectivity index (χ1) is 9.31. The molecule has 0 bridgehead atoms. The molecular formula is C17H27NO. The summed E-state index contributed by atoms with van der Waals surface area (Å²) in [4.78, 5) is 0. The number of rotatable bonds is 7. The number of hydrogen-bond acceptors (Lipinski definition) is 2. The van der Waals surface area contributed by atoms with E-state index >= 15 is 0 Å². The monoisotopic (exact) mass is 261 g/mol. The predicted octanol–water partition coefficient (Wildman–Crippen LogP) is 3.18. The van der Waals surface area contributed by atoms with Gasteiger partial charge in [-0.2, -0.15) is 0 Å². The van der Waals surface area contributed by atoms with Gasteiger partial charge in [0.05, 0.1) is 0 Å². The van der Waals surface area contributed by atoms with Crippen LogP contribution < -0.4 is 5.32 Å². The molecule has 0 amide bonds. The zero-order valence-corrected chi connectivity index (χ0v) is 12.0. The summed E-state index contributed by atoms with van der Waals surface area (Å²) in [5, 5.41) is 12.9. The van der Waals surface area contributed by atoms with Crippen LogP contribution in [0.15, 0.2) is 30.3 Å². The first-order valence-corrected chi connectivity index (χ1v) is 7.67. The van der Waals surface area contributed by atoms with Gasteiger partial charge in [-0.25, -0.2) is 0 Å². The van der Waals surface area contributed by atoms with E-state index in [1.54, 1.807) is 0 Å². The quantitative estimate of drug-likeness (QED) is 0.739. The molecule has 3 atom stereocenters. The molecular weight excluding hydrogens is 234 g/mol. The molecule has 1 saturated carbocycles. The minimum absolute atomic E-state index is 0.368. The summed E-state index contributed by atoms with van der Waals surface area (Å²) in [5.41, 5.74) is 1.43. The fraction of sp³-hybridized carbons (Fsp3) is 0.647. The first kappa shape index (κ1) is 14.5. The molecule has 3 unspecified atom stereocenters. The molecule has 2 rings (SSSR count). The molecule has 0 aliphatic heterocycles. The summed E-state index contributed by atoms with van der Waals surface area (Å²) in [6, 6.07) is 10.7. The maximum absolute atomic E-state index is 9.30. The molecule has 2 heteroatoms. The average molecular weight is 261 g/mol. The molecule has 106 valence electrons. The molecule has 1 fully saturated rings. The largest absolute Gasteiger partial charge is 0.396 e. The molecule has 0 spiro atoms. The normalized spacial score (nSPS) is 24.5. The third-order valence-electron chi connectivity index (χ3n) is 4.58. The van der Waals surface area contributed by atoms with E-state index in [-0.39, 0.29) is 0 Å². The van der Waals surface area contributed by atoms with E-state index in [2.05, 4.69) is 42.6 Å². The number of aliphatic hydroxyl groups is 1. The Morgan fingerprint density at radius 2 is 1.95 bits per heavy atom. The lowest BCUT2D eigenvalue weighted by molar-refractivity contribution is 0.192. The lowest BCUT2D eigenvalue weighted by Crippen LogP contribution is -2.28. The molecule has 0 heterocycles. The van der Waals surface area contributed by atoms with Gasteiger partial charge in [0, 0.05) is 6.61 Å². The smallest absolute Gasteiger partial charge is 0.0462 e. The summed E-state index contributed by atoms with van der Waals surface area (Å²) < 4.78 is 0. The molecule has 0 aromatic heterocycles. The number of benzene rings is 1. The fourth-order valence-corrected chi connectivity index (χ4v) is 3.18. The molecule has 0 saturated heterocycles. The van der Waals surface area contributed by atoms with Crippen LogP contribution in [-0.4, -0.2) is 24.8 Å². The van der Waals surface area contributed by atoms with E-state index in [1.165, 1.54) is 31.2 Å². The molecule has 2 N–H and O–H groups in total. The van der Waals surface area contributed by atoms with Crippen LogP contribution in [-0.2, 0) is 0 Å². The van der Waals surface area contributed by atoms with Gasteiger partial charge in [-0.15, -0.1) is 0 Å². The molecule has 1 aromatic rings. The lowest BCUT2D eigenvalue weighted by atomic mass is 9.96. The van der Waals surface area contributed by atoms with Crippen LogP contribution in [0.5, 0.6) is 0 Å². The van der Waals surface area contributed by atoms with Crippen molar-refractivity contribution in [2.75, 3.05) is 19.7 Å². The van der Waals surface area contributed by atoms with Crippen molar-refractivity contribution in [1.29, 1.82) is 0 Å². The highest BCUT2D eigenvalue weighted by Gasteiger charge is 2.25. The molecule has 1 aromatic carbocycles. The molecule has 2 nitrogen and oxygen atoms in total. The first-order valence-electron chi connectivity index (χ1n) is 7.67. The Morgan fingerprint density at radius 1 is 1.21 bits per heavy atom. The van der Waals surface area contributed by atoms with Crippen LogP contribution in [0, 0.1) is 11.8 Å². The third kappa shape index (κ3) is 4.32. The highest BCUT2D eigenvalue weighted by atomic mass is 16.3. The Morgan fingerprint density at radius 3 is 2.68 bits per heavy atom. The summed E-state index contributed by atoms with van der Waals surface area (Å²) in [5.74, 6) is 1.85. The summed E-state index contributed by atoms with van der Waals surface area (Å²) in [6.45, 7) is 4.81. The van der Waals surface area contributed by atoms with Gasteiger partial charge in [0.15, 0.2) is 0 Å². The standard InChI is InChI=1S/C17H27NO/c1-14(15-6-3-2-4-7-15)10-11-18-12-16-8-5-9-17(16)13-19/h2-4,6-7,14,16-19H,5,8-13H2,1H3. The number of nitrogens with one attached hydrogen (secondary N) is 1. The van der Waals surface area contributed by atoms with Crippen molar-refractivity contribution in [3.05, 3.63) is 35.9 Å². The van der Waals surface area contributed by atoms with E-state index in [0.717, 1.165) is 13.1 Å². The SMILES string of the molecule is CC(CCNCC1CCCC1CO)c1ccccc1. The Labute approximate surface area is 117 Å². The summed E-state index contributed by atoms with van der Waals surface area (Å²) in [6.07, 6.45) is 4.97. The van der Waals surface area contributed by atoms with Crippen molar-refractivity contribution in [3.8, 4) is 0 Å². The van der Waals surface area contributed by atoms with Crippen molar-refractivity contribution >= 4 is 0 Å². The fourth-order valence-electron chi connectivity index (χ4n) is 3.18. The maximum Gasteiger partial charge on any atom is 0.0462 e. The van der Waals surface area contributed by atoms with E-state index in [0.29, 0.717) is 24.4 Å². The third-order valence-corrected chi connectivity index (χ3v) is 4.58. The van der Waals surface area contributed by atoms with Crippen molar-refractivity contribution < 1.29 is 5.11 Å². The Balaban J connectivity index is 1.64. The van der Waals surface area contributed by atoms with Gasteiger partial charge < -0.3 is 10.4 Å². The second-order valence-corrected chi connectivity index (χ2v) is 5.94. The zero-order valence-electron chi connectivity index (χ0n) is 12.0. The van der Waals surface area contributed by atoms with Crippen molar-refractivity contribution in [1.82, 2.24) is 5.32 Å². The molecule has 1 aliphatic carbocycles. The van der Waals surface area contributed by atoms with Crippen molar-refractivity contribution in [2.24, 2.45) is 11.8 Å². The van der Waals surface area contributed by atoms with Crippen LogP contribution >= 0.6 is 0 Å². The molecule has 19 heavy (non-hydrogen) atoms. The second-order valence-electron chi connectivity index (χ2n) is 5.94. The van der Waals surface area contributed by atoms with Crippen LogP contribution in [0.3, 0.4) is 0 Å². The van der Waals surface area contributed by atoms with Crippen LogP contribution in [0.25, 0.3) is 0 Å². The van der Waals surface area contributed by atoms with Crippen LogP contribution in [0.2, 0.25) is 0 Å². The van der Waals surface area contributed by atoms with Crippen molar-refractivity contribution in [3.63, 3.8) is 0 Å². The lowest BCUT2D eigenvalue weighted by Gasteiger charge is -2.19.